The number of nitrogens with zero attached hydrogens (tertiary/aromatic N) is 1. The van der Waals surface area contributed by atoms with Gasteiger partial charge in [0.05, 0.1) is 17.0 Å². The Morgan fingerprint density at radius 1 is 1.10 bits per heavy atom. The van der Waals surface area contributed by atoms with Gasteiger partial charge in [0.25, 0.3) is 5.56 Å². The van der Waals surface area contributed by atoms with E-state index in [-0.39, 0.29) is 12.7 Å². The van der Waals surface area contributed by atoms with E-state index in [0.717, 1.165) is 10.8 Å². The first kappa shape index (κ1) is 25.4. The van der Waals surface area contributed by atoms with Gasteiger partial charge in [-0.2, -0.15) is 4.39 Å². The van der Waals surface area contributed by atoms with E-state index in [9.17, 15) is 28.1 Å². The van der Waals surface area contributed by atoms with Gasteiger partial charge in [-0.25, -0.2) is 4.79 Å². The molecule has 0 aromatic carbocycles. The second-order valence-electron chi connectivity index (χ2n) is 8.58. The predicted molar refractivity (Wildman–Crippen MR) is 108 cm³/mol. The maximum Gasteiger partial charge on any atom is 0.451 e. The van der Waals surface area contributed by atoms with Gasteiger partial charge in [-0.1, -0.05) is 10.6 Å². The Kier molecular flexibility index (Phi) is 8.42. The summed E-state index contributed by atoms with van der Waals surface area (Å²) in [5.74, 6) is -2.48. The van der Waals surface area contributed by atoms with Gasteiger partial charge in [0, 0.05) is 6.54 Å². The number of hydrogen-bond acceptors (Lipinski definition) is 7. The Morgan fingerprint density at radius 3 is 2.07 bits per heavy atom. The quantitative estimate of drug-likeness (QED) is 0.296. The summed E-state index contributed by atoms with van der Waals surface area (Å²) in [6.45, 7) is 9.53. The number of nitrogens with one attached hydrogen (secondary N) is 1. The molecule has 1 N–H and O–H groups in total. The first-order valence-corrected chi connectivity index (χ1v) is 10.6. The first-order chi connectivity index (χ1) is 13.6. The van der Waals surface area contributed by atoms with Crippen molar-refractivity contribution in [1.29, 1.82) is 0 Å². The van der Waals surface area contributed by atoms with E-state index < -0.39 is 53.7 Å². The number of hydrogen-bond donors (Lipinski definition) is 1. The minimum Gasteiger partial charge on any atom is -0.384 e. The SMILES string of the molecule is CC(C)(C)C(=O)OC(OC(=O)C(C)(C)C)[P+](=O)C/C=C\Cn1cc(F)c(=O)[nH]c1=O. The van der Waals surface area contributed by atoms with E-state index in [1.807, 2.05) is 4.98 Å². The summed E-state index contributed by atoms with van der Waals surface area (Å²) in [6, 6.07) is -1.57. The Bertz CT molecular complexity index is 923. The van der Waals surface area contributed by atoms with Crippen molar-refractivity contribution in [2.45, 2.75) is 54.1 Å². The van der Waals surface area contributed by atoms with Gasteiger partial charge >= 0.3 is 31.5 Å². The molecule has 1 atom stereocenters. The van der Waals surface area contributed by atoms with Crippen molar-refractivity contribution in [3.63, 3.8) is 0 Å². The van der Waals surface area contributed by atoms with Crippen LogP contribution in [0.2, 0.25) is 0 Å². The molecule has 0 fully saturated rings. The number of aromatic amines is 1. The number of halogens is 1. The molecule has 0 bridgehead atoms. The van der Waals surface area contributed by atoms with Crippen LogP contribution in [0.5, 0.6) is 0 Å². The minimum atomic E-state index is -2.35. The maximum atomic E-state index is 13.3. The van der Waals surface area contributed by atoms with Gasteiger partial charge < -0.3 is 9.47 Å². The maximum absolute atomic E-state index is 13.3. The van der Waals surface area contributed by atoms with Crippen LogP contribution in [0.15, 0.2) is 27.9 Å². The van der Waals surface area contributed by atoms with Crippen LogP contribution in [-0.4, -0.2) is 33.7 Å². The molecule has 0 saturated heterocycles. The number of carbonyl (C=O) groups is 2. The first-order valence-electron chi connectivity index (χ1n) is 9.13. The standard InChI is InChI=1S/C19H26FN2O7P/c1-18(2,3)14(24)28-17(29-15(25)19(4,5)6)30(27)10-8-7-9-22-11-12(20)13(23)21-16(22)26/h7-8,11,17H,9-10H2,1-6H3/p+1/b8-7-. The highest BCUT2D eigenvalue weighted by molar-refractivity contribution is 7.45. The Balaban J connectivity index is 2.88. The molecule has 1 unspecified atom stereocenters. The van der Waals surface area contributed by atoms with E-state index in [4.69, 9.17) is 9.47 Å². The summed E-state index contributed by atoms with van der Waals surface area (Å²) in [7, 11) is -2.35. The van der Waals surface area contributed by atoms with Crippen molar-refractivity contribution in [3.8, 4) is 0 Å². The van der Waals surface area contributed by atoms with Crippen molar-refractivity contribution in [2.24, 2.45) is 10.8 Å². The summed E-state index contributed by atoms with van der Waals surface area (Å²) < 4.78 is 37.1. The van der Waals surface area contributed by atoms with Crippen LogP contribution in [0, 0.1) is 16.6 Å². The van der Waals surface area contributed by atoms with Crippen LogP contribution >= 0.6 is 7.80 Å². The number of ether oxygens (including phenoxy) is 2. The van der Waals surface area contributed by atoms with Crippen LogP contribution in [-0.2, 0) is 30.2 Å². The molecule has 1 aromatic rings. The van der Waals surface area contributed by atoms with Crippen LogP contribution in [0.3, 0.4) is 0 Å². The lowest BCUT2D eigenvalue weighted by Gasteiger charge is -2.21. The average molecular weight is 445 g/mol. The second-order valence-corrected chi connectivity index (χ2v) is 10.2. The molecule has 0 radical (unpaired) electrons. The van der Waals surface area contributed by atoms with Crippen LogP contribution in [0.1, 0.15) is 41.5 Å². The monoisotopic (exact) mass is 445 g/mol. The lowest BCUT2D eigenvalue weighted by Crippen LogP contribution is -2.33. The summed E-state index contributed by atoms with van der Waals surface area (Å²) >= 11 is 0. The third-order valence-electron chi connectivity index (χ3n) is 3.60. The normalized spacial score (nSPS) is 12.9. The van der Waals surface area contributed by atoms with Crippen molar-refractivity contribution in [2.75, 3.05) is 6.16 Å². The molecule has 1 rings (SSSR count). The molecule has 11 heteroatoms. The molecular formula is C19H27FN2O7P+. The minimum absolute atomic E-state index is 0.0933. The molecule has 30 heavy (non-hydrogen) atoms. The van der Waals surface area contributed by atoms with Crippen molar-refractivity contribution in [1.82, 2.24) is 9.55 Å². The number of rotatable bonds is 7. The molecular weight excluding hydrogens is 418 g/mol. The highest BCUT2D eigenvalue weighted by atomic mass is 31.1. The molecule has 0 aliphatic rings. The topological polar surface area (TPSA) is 125 Å². The molecule has 1 aromatic heterocycles. The van der Waals surface area contributed by atoms with Gasteiger partial charge in [0.2, 0.25) is 5.82 Å². The van der Waals surface area contributed by atoms with Gasteiger partial charge in [-0.3, -0.25) is 23.9 Å². The number of esters is 2. The van der Waals surface area contributed by atoms with E-state index in [0.29, 0.717) is 0 Å². The van der Waals surface area contributed by atoms with Crippen molar-refractivity contribution < 1.29 is 28.0 Å². The molecule has 0 spiro atoms. The number of carbonyl (C=O) groups excluding carboxylic acids is 2. The Morgan fingerprint density at radius 2 is 1.60 bits per heavy atom. The van der Waals surface area contributed by atoms with Gasteiger partial charge in [0.1, 0.15) is 0 Å². The van der Waals surface area contributed by atoms with Gasteiger partial charge in [-0.15, -0.1) is 0 Å². The van der Waals surface area contributed by atoms with E-state index in [2.05, 4.69) is 0 Å². The number of aromatic nitrogens is 2. The fourth-order valence-electron chi connectivity index (χ4n) is 1.75. The zero-order valence-electron chi connectivity index (χ0n) is 17.9. The van der Waals surface area contributed by atoms with E-state index in [1.165, 1.54) is 12.2 Å². The smallest absolute Gasteiger partial charge is 0.384 e. The van der Waals surface area contributed by atoms with Gasteiger partial charge in [-0.05, 0) is 47.6 Å². The highest BCUT2D eigenvalue weighted by Crippen LogP contribution is 2.34. The molecule has 0 aliphatic carbocycles. The summed E-state index contributed by atoms with van der Waals surface area (Å²) in [4.78, 5) is 48.7. The number of H-pyrrole nitrogens is 1. The molecule has 0 saturated carbocycles. The number of allylic oxidation sites excluding steroid dienone is 2. The van der Waals surface area contributed by atoms with E-state index in [1.54, 1.807) is 41.5 Å². The van der Waals surface area contributed by atoms with Gasteiger partial charge in [0.15, 0.2) is 6.16 Å². The van der Waals surface area contributed by atoms with E-state index >= 15 is 0 Å². The zero-order chi connectivity index (χ0) is 23.3. The lowest BCUT2D eigenvalue weighted by atomic mass is 9.97. The largest absolute Gasteiger partial charge is 0.451 e. The fraction of sp³-hybridized carbons (Fsp3) is 0.579. The fourth-order valence-corrected chi connectivity index (χ4v) is 2.70. The molecule has 9 nitrogen and oxygen atoms in total. The molecule has 166 valence electrons. The summed E-state index contributed by atoms with van der Waals surface area (Å²) in [5.41, 5.74) is -3.71. The third-order valence-corrected chi connectivity index (χ3v) is 4.85. The highest BCUT2D eigenvalue weighted by Gasteiger charge is 2.41. The van der Waals surface area contributed by atoms with Crippen LogP contribution < -0.4 is 11.2 Å². The van der Waals surface area contributed by atoms with Crippen LogP contribution in [0.4, 0.5) is 4.39 Å². The van der Waals surface area contributed by atoms with Crippen molar-refractivity contribution >= 4 is 19.7 Å². The second kappa shape index (κ2) is 9.93. The van der Waals surface area contributed by atoms with Crippen LogP contribution in [0.25, 0.3) is 0 Å². The average Bonchev–Trinajstić information content (AvgIpc) is 2.60. The lowest BCUT2D eigenvalue weighted by molar-refractivity contribution is -0.184. The van der Waals surface area contributed by atoms with Crippen molar-refractivity contribution in [3.05, 3.63) is 45.0 Å². The summed E-state index contributed by atoms with van der Waals surface area (Å²) in [5, 5.41) is 0. The third kappa shape index (κ3) is 7.67. The molecule has 1 heterocycles. The zero-order valence-corrected chi connectivity index (χ0v) is 18.7. The predicted octanol–water partition coefficient (Wildman–Crippen LogP) is 2.52. The summed E-state index contributed by atoms with van der Waals surface area (Å²) in [6.07, 6.45) is 3.46. The Hall–Kier alpha value is -2.61. The Labute approximate surface area is 174 Å². The molecule has 0 aliphatic heterocycles. The molecule has 0 amide bonds.